The Labute approximate surface area is 52.8 Å². The molecule has 0 fully saturated rings. The van der Waals surface area contributed by atoms with E-state index < -0.39 is 16.6 Å². The third-order valence-electron chi connectivity index (χ3n) is 0.428. The molecule has 0 rings (SSSR count). The van der Waals surface area contributed by atoms with E-state index in [-0.39, 0.29) is 0 Å². The first kappa shape index (κ1) is 8.90. The Balaban J connectivity index is 3.99. The van der Waals surface area contributed by atoms with Gasteiger partial charge >= 0.3 is 8.69 Å². The van der Waals surface area contributed by atoms with E-state index in [1.165, 1.54) is 12.7 Å². The minimum absolute atomic E-state index is 1.18. The summed E-state index contributed by atoms with van der Waals surface area (Å²) in [7, 11) is -5.09. The zero-order chi connectivity index (χ0) is 7.28. The van der Waals surface area contributed by atoms with E-state index in [4.69, 9.17) is 0 Å². The molecule has 0 amide bonds. The maximum Gasteiger partial charge on any atom is 0.393 e. The molecule has 0 spiro atoms. The molecule has 7 heteroatoms. The normalized spacial score (nSPS) is 13.3. The molecule has 9 heavy (non-hydrogen) atoms. The highest BCUT2D eigenvalue weighted by atomic mass is 31.2. The monoisotopic (exact) mass is 172 g/mol. The molecular formula is C2H4F2N2OP2. The summed E-state index contributed by atoms with van der Waals surface area (Å²) in [6.45, 7) is 1.39. The van der Waals surface area contributed by atoms with E-state index in [0.29, 0.717) is 0 Å². The second-order valence-electron chi connectivity index (χ2n) is 1.07. The molecule has 0 aromatic rings. The zero-order valence-electron chi connectivity index (χ0n) is 4.51. The van der Waals surface area contributed by atoms with E-state index in [2.05, 4.69) is 9.28 Å². The minimum atomic E-state index is -3.25. The van der Waals surface area contributed by atoms with E-state index in [0.717, 1.165) is 0 Å². The van der Waals surface area contributed by atoms with Crippen molar-refractivity contribution in [2.24, 2.45) is 9.28 Å². The Hall–Kier alpha value is -0.100. The molecule has 0 saturated carbocycles. The summed E-state index contributed by atoms with van der Waals surface area (Å²) in [4.78, 5) is 9.43. The van der Waals surface area contributed by atoms with Crippen molar-refractivity contribution in [3.05, 3.63) is 0 Å². The number of rotatable bonds is 2. The van der Waals surface area contributed by atoms with Crippen molar-refractivity contribution in [1.29, 1.82) is 0 Å². The Morgan fingerprint density at radius 1 is 1.67 bits per heavy atom. The highest BCUT2D eigenvalue weighted by Crippen LogP contribution is 2.47. The third-order valence-corrected chi connectivity index (χ3v) is 2.61. The first-order chi connectivity index (χ1) is 4.16. The molecule has 0 heterocycles. The van der Waals surface area contributed by atoms with Gasteiger partial charge in [-0.25, -0.2) is 4.79 Å². The molecule has 0 aliphatic heterocycles. The Kier molecular flexibility index (Phi) is 4.70. The van der Waals surface area contributed by atoms with Crippen molar-refractivity contribution in [2.75, 3.05) is 6.66 Å². The summed E-state index contributed by atoms with van der Waals surface area (Å²) in [6.07, 6.45) is 1.18. The van der Waals surface area contributed by atoms with Gasteiger partial charge in [-0.3, -0.25) is 0 Å². The Bertz CT molecular complexity index is 164. The number of hydrogen-bond acceptors (Lipinski definition) is 2. The quantitative estimate of drug-likeness (QED) is 0.358. The highest BCUT2D eigenvalue weighted by Gasteiger charge is 1.97. The average molecular weight is 172 g/mol. The molecule has 0 bridgehead atoms. The van der Waals surface area contributed by atoms with Gasteiger partial charge in [0.1, 0.15) is 0 Å². The summed E-state index contributed by atoms with van der Waals surface area (Å²) < 4.78 is 28.6. The van der Waals surface area contributed by atoms with Crippen LogP contribution in [-0.4, -0.2) is 12.7 Å². The van der Waals surface area contributed by atoms with Gasteiger partial charge in [0.05, 0.1) is 7.86 Å². The molecule has 1 atom stereocenters. The van der Waals surface area contributed by atoms with Crippen LogP contribution in [0.5, 0.6) is 0 Å². The van der Waals surface area contributed by atoms with Crippen LogP contribution in [-0.2, 0) is 4.79 Å². The van der Waals surface area contributed by atoms with Crippen molar-refractivity contribution in [2.45, 2.75) is 0 Å². The highest BCUT2D eigenvalue weighted by molar-refractivity contribution is 7.57. The number of hydrogen-bond donors (Lipinski definition) is 0. The lowest BCUT2D eigenvalue weighted by Crippen LogP contribution is -1.47. The Morgan fingerprint density at radius 3 is 2.56 bits per heavy atom. The van der Waals surface area contributed by atoms with Crippen molar-refractivity contribution < 1.29 is 13.2 Å². The third kappa shape index (κ3) is 5.78. The van der Waals surface area contributed by atoms with Gasteiger partial charge < -0.3 is 0 Å². The SMILES string of the molecule is C/[PH](N=C=O)=N\P(F)F. The summed E-state index contributed by atoms with van der Waals surface area (Å²) >= 11 is 0. The fourth-order valence-corrected chi connectivity index (χ4v) is 1.38. The van der Waals surface area contributed by atoms with Gasteiger partial charge in [0.15, 0.2) is 0 Å². The number of carbonyl (C=O) groups excluding carboxylic acids is 1. The van der Waals surface area contributed by atoms with Crippen LogP contribution >= 0.6 is 16.6 Å². The van der Waals surface area contributed by atoms with Gasteiger partial charge in [-0.05, 0) is 6.66 Å². The predicted octanol–water partition coefficient (Wildman–Crippen LogP) is 2.43. The van der Waals surface area contributed by atoms with Gasteiger partial charge in [-0.15, -0.1) is 0 Å². The second-order valence-corrected chi connectivity index (χ2v) is 3.61. The van der Waals surface area contributed by atoms with Crippen LogP contribution < -0.4 is 0 Å². The van der Waals surface area contributed by atoms with Crippen LogP contribution in [0.1, 0.15) is 0 Å². The predicted molar refractivity (Wildman–Crippen MR) is 33.9 cm³/mol. The van der Waals surface area contributed by atoms with Crippen LogP contribution in [0.4, 0.5) is 8.39 Å². The molecule has 0 radical (unpaired) electrons. The molecule has 1 unspecified atom stereocenters. The lowest BCUT2D eigenvalue weighted by Gasteiger charge is -1.86. The van der Waals surface area contributed by atoms with Crippen LogP contribution in [0.2, 0.25) is 0 Å². The van der Waals surface area contributed by atoms with Gasteiger partial charge in [-0.1, -0.05) is 0 Å². The second kappa shape index (κ2) is 4.75. The molecule has 3 nitrogen and oxygen atoms in total. The average Bonchev–Trinajstić information content (AvgIpc) is 1.63. The largest absolute Gasteiger partial charge is 0.393 e. The van der Waals surface area contributed by atoms with Gasteiger partial charge in [0, 0.05) is 0 Å². The zero-order valence-corrected chi connectivity index (χ0v) is 6.40. The minimum Gasteiger partial charge on any atom is -0.211 e. The number of isocyanates is 1. The molecule has 0 aromatic heterocycles. The van der Waals surface area contributed by atoms with E-state index in [9.17, 15) is 13.2 Å². The topological polar surface area (TPSA) is 41.8 Å². The summed E-state index contributed by atoms with van der Waals surface area (Å²) in [6, 6.07) is 0. The molecule has 0 aliphatic rings. The van der Waals surface area contributed by atoms with E-state index in [1.807, 2.05) is 0 Å². The lowest BCUT2D eigenvalue weighted by molar-refractivity contribution is 0.566. The van der Waals surface area contributed by atoms with Crippen LogP contribution in [0.25, 0.3) is 0 Å². The van der Waals surface area contributed by atoms with Crippen molar-refractivity contribution in [1.82, 2.24) is 0 Å². The van der Waals surface area contributed by atoms with Crippen molar-refractivity contribution >= 4 is 22.6 Å². The van der Waals surface area contributed by atoms with Gasteiger partial charge in [0.2, 0.25) is 6.08 Å². The Morgan fingerprint density at radius 2 is 2.22 bits per heavy atom. The van der Waals surface area contributed by atoms with Crippen LogP contribution in [0.3, 0.4) is 0 Å². The first-order valence-corrected chi connectivity index (χ1v) is 4.88. The summed E-state index contributed by atoms with van der Waals surface area (Å²) in [5.74, 6) is 0. The number of halogens is 2. The fourth-order valence-electron chi connectivity index (χ4n) is 0.198. The molecular weight excluding hydrogens is 168 g/mol. The van der Waals surface area contributed by atoms with Gasteiger partial charge in [0.25, 0.3) is 0 Å². The maximum atomic E-state index is 11.3. The van der Waals surface area contributed by atoms with Crippen LogP contribution in [0, 0.1) is 0 Å². The fraction of sp³-hybridized carbons (Fsp3) is 0.500. The molecule has 52 valence electrons. The van der Waals surface area contributed by atoms with Crippen LogP contribution in [0.15, 0.2) is 9.28 Å². The first-order valence-electron chi connectivity index (χ1n) is 1.91. The molecule has 0 N–H and O–H groups in total. The molecule has 0 saturated heterocycles. The van der Waals surface area contributed by atoms with Crippen molar-refractivity contribution in [3.63, 3.8) is 0 Å². The maximum absolute atomic E-state index is 11.3. The summed E-state index contributed by atoms with van der Waals surface area (Å²) in [5.41, 5.74) is 0. The molecule has 0 aromatic carbocycles. The molecule has 0 aliphatic carbocycles. The number of nitrogens with zero attached hydrogens (tertiary/aromatic N) is 2. The van der Waals surface area contributed by atoms with Gasteiger partial charge in [-0.2, -0.15) is 17.7 Å². The van der Waals surface area contributed by atoms with E-state index in [1.54, 1.807) is 0 Å². The van der Waals surface area contributed by atoms with E-state index >= 15 is 0 Å². The summed E-state index contributed by atoms with van der Waals surface area (Å²) in [5, 5.41) is 0. The van der Waals surface area contributed by atoms with Crippen molar-refractivity contribution in [3.8, 4) is 0 Å². The smallest absolute Gasteiger partial charge is 0.211 e. The lowest BCUT2D eigenvalue weighted by atomic mass is 11.7. The standard InChI is InChI=1S/C2H4F2N2OP2/c1-8(5-2-7)6-9(3)4/h8H,1H3.